The topological polar surface area (TPSA) is 144 Å². The Balaban J connectivity index is 2.06. The molecule has 2 bridgehead atoms. The fourth-order valence-electron chi connectivity index (χ4n) is 7.51. The molecule has 0 radical (unpaired) electrons. The monoisotopic (exact) mass is 576 g/mol. The molecule has 226 valence electrons. The summed E-state index contributed by atoms with van der Waals surface area (Å²) >= 11 is 0. The minimum absolute atomic E-state index is 0.0431. The first kappa shape index (κ1) is 30.9. The number of aliphatic hydroxyl groups is 1. The van der Waals surface area contributed by atoms with Crippen LogP contribution in [0, 0.1) is 11.3 Å². The molecule has 8 atom stereocenters. The summed E-state index contributed by atoms with van der Waals surface area (Å²) < 4.78 is 37.0. The lowest BCUT2D eigenvalue weighted by atomic mass is 9.46. The number of fused-ring (bicyclic) bond motifs is 1. The standard InChI is InChI=1S/C30H40O11/c1-17(31)37-16-29-22(38-18(2)32)13-14-28(7,35)30(29)25(40-20(4)34)23(27(5,6)41-30)24(39-19(3)33)26(29)36-15-21-11-9-8-10-12-21/h8-12,22-26,35H,13-16H2,1-7H3/t22-,23+,24-,25+,26-,28-,29-,30-/m0/s1. The van der Waals surface area contributed by atoms with E-state index in [0.717, 1.165) is 5.56 Å². The van der Waals surface area contributed by atoms with E-state index in [1.807, 2.05) is 30.3 Å². The van der Waals surface area contributed by atoms with Crippen molar-refractivity contribution in [3.8, 4) is 0 Å². The molecule has 11 heteroatoms. The van der Waals surface area contributed by atoms with Crippen molar-refractivity contribution >= 4 is 23.9 Å². The molecule has 1 aliphatic heterocycles. The first-order valence-corrected chi connectivity index (χ1v) is 13.8. The molecule has 1 aromatic carbocycles. The molecule has 2 aliphatic carbocycles. The lowest BCUT2D eigenvalue weighted by molar-refractivity contribution is -0.355. The second-order valence-electron chi connectivity index (χ2n) is 12.0. The molecule has 3 fully saturated rings. The molecular formula is C30H40O11. The van der Waals surface area contributed by atoms with Gasteiger partial charge in [-0.25, -0.2) is 0 Å². The van der Waals surface area contributed by atoms with E-state index in [0.29, 0.717) is 0 Å². The molecule has 4 rings (SSSR count). The van der Waals surface area contributed by atoms with Crippen LogP contribution < -0.4 is 0 Å². The molecule has 1 N–H and O–H groups in total. The van der Waals surface area contributed by atoms with E-state index in [2.05, 4.69) is 0 Å². The highest BCUT2D eigenvalue weighted by Crippen LogP contribution is 2.69. The van der Waals surface area contributed by atoms with Crippen molar-refractivity contribution in [2.75, 3.05) is 6.61 Å². The molecule has 0 unspecified atom stereocenters. The van der Waals surface area contributed by atoms with E-state index in [1.54, 1.807) is 20.8 Å². The SMILES string of the molecule is CC(=O)OC[C@@]12[C@@H](OC(C)=O)CC[C@](C)(O)[C@]13OC(C)(C)[C@H]([C@H](OC(C)=O)[C@@H]2OCc1ccccc1)[C@H]3OC(C)=O. The largest absolute Gasteiger partial charge is 0.465 e. The quantitative estimate of drug-likeness (QED) is 0.360. The fourth-order valence-corrected chi connectivity index (χ4v) is 7.51. The predicted octanol–water partition coefficient (Wildman–Crippen LogP) is 2.64. The minimum Gasteiger partial charge on any atom is -0.465 e. The van der Waals surface area contributed by atoms with Gasteiger partial charge in [-0.1, -0.05) is 30.3 Å². The van der Waals surface area contributed by atoms with Crippen molar-refractivity contribution in [1.29, 1.82) is 0 Å². The van der Waals surface area contributed by atoms with Gasteiger partial charge in [0.05, 0.1) is 23.7 Å². The van der Waals surface area contributed by atoms with Gasteiger partial charge in [-0.15, -0.1) is 0 Å². The molecule has 1 saturated heterocycles. The minimum atomic E-state index is -1.81. The van der Waals surface area contributed by atoms with Gasteiger partial charge in [-0.3, -0.25) is 19.2 Å². The van der Waals surface area contributed by atoms with Gasteiger partial charge in [0, 0.05) is 27.7 Å². The zero-order valence-electron chi connectivity index (χ0n) is 24.6. The van der Waals surface area contributed by atoms with Gasteiger partial charge in [0.15, 0.2) is 0 Å². The molecular weight excluding hydrogens is 536 g/mol. The van der Waals surface area contributed by atoms with Gasteiger partial charge in [0.2, 0.25) is 0 Å². The van der Waals surface area contributed by atoms with Crippen LogP contribution in [-0.2, 0) is 54.2 Å². The molecule has 1 heterocycles. The molecule has 1 spiro atoms. The Labute approximate surface area is 239 Å². The van der Waals surface area contributed by atoms with Crippen LogP contribution in [0.1, 0.15) is 66.9 Å². The maximum atomic E-state index is 12.6. The van der Waals surface area contributed by atoms with Crippen molar-refractivity contribution in [2.45, 2.75) is 109 Å². The highest BCUT2D eigenvalue weighted by atomic mass is 16.6. The molecule has 3 aliphatic rings. The van der Waals surface area contributed by atoms with Gasteiger partial charge in [0.25, 0.3) is 0 Å². The smallest absolute Gasteiger partial charge is 0.303 e. The fraction of sp³-hybridized carbons (Fsp3) is 0.667. The van der Waals surface area contributed by atoms with E-state index >= 15 is 0 Å². The molecule has 0 amide bonds. The third-order valence-electron chi connectivity index (χ3n) is 8.76. The Morgan fingerprint density at radius 1 is 0.878 bits per heavy atom. The first-order chi connectivity index (χ1) is 19.1. The van der Waals surface area contributed by atoms with E-state index in [9.17, 15) is 24.3 Å². The number of hydrogen-bond donors (Lipinski definition) is 1. The van der Waals surface area contributed by atoms with Crippen molar-refractivity contribution in [2.24, 2.45) is 11.3 Å². The highest BCUT2D eigenvalue weighted by molar-refractivity contribution is 5.68. The van der Waals surface area contributed by atoms with E-state index in [4.69, 9.17) is 28.4 Å². The summed E-state index contributed by atoms with van der Waals surface area (Å²) in [4.78, 5) is 50.1. The summed E-state index contributed by atoms with van der Waals surface area (Å²) in [5, 5.41) is 12.3. The first-order valence-electron chi connectivity index (χ1n) is 13.8. The molecule has 0 aromatic heterocycles. The van der Waals surface area contributed by atoms with E-state index < -0.39 is 83.0 Å². The van der Waals surface area contributed by atoms with E-state index in [-0.39, 0.29) is 19.4 Å². The van der Waals surface area contributed by atoms with Crippen molar-refractivity contribution in [1.82, 2.24) is 0 Å². The van der Waals surface area contributed by atoms with Crippen LogP contribution in [0.15, 0.2) is 30.3 Å². The lowest BCUT2D eigenvalue weighted by Crippen LogP contribution is -2.83. The van der Waals surface area contributed by atoms with Crippen LogP contribution in [0.3, 0.4) is 0 Å². The van der Waals surface area contributed by atoms with Crippen LogP contribution >= 0.6 is 0 Å². The Morgan fingerprint density at radius 2 is 1.49 bits per heavy atom. The summed E-state index contributed by atoms with van der Waals surface area (Å²) in [7, 11) is 0. The van der Waals surface area contributed by atoms with Gasteiger partial charge in [0.1, 0.15) is 42.0 Å². The van der Waals surface area contributed by atoms with Crippen LogP contribution in [0.5, 0.6) is 0 Å². The number of carbonyl (C=O) groups excluding carboxylic acids is 4. The van der Waals surface area contributed by atoms with Gasteiger partial charge in [-0.05, 0) is 39.2 Å². The summed E-state index contributed by atoms with van der Waals surface area (Å²) in [5.41, 5.74) is -5.57. The summed E-state index contributed by atoms with van der Waals surface area (Å²) in [6.07, 6.45) is -4.27. The van der Waals surface area contributed by atoms with Gasteiger partial charge >= 0.3 is 23.9 Å². The normalized spacial score (nSPS) is 36.9. The number of esters is 4. The Bertz CT molecular complexity index is 1180. The Hall–Kier alpha value is -3.02. The maximum absolute atomic E-state index is 12.6. The van der Waals surface area contributed by atoms with Crippen molar-refractivity contribution < 1.29 is 52.7 Å². The maximum Gasteiger partial charge on any atom is 0.303 e. The van der Waals surface area contributed by atoms with Crippen molar-refractivity contribution in [3.63, 3.8) is 0 Å². The van der Waals surface area contributed by atoms with Crippen molar-refractivity contribution in [3.05, 3.63) is 35.9 Å². The van der Waals surface area contributed by atoms with Crippen LogP contribution in [0.2, 0.25) is 0 Å². The molecule has 2 saturated carbocycles. The third-order valence-corrected chi connectivity index (χ3v) is 8.76. The van der Waals surface area contributed by atoms with E-state index in [1.165, 1.54) is 27.7 Å². The van der Waals surface area contributed by atoms with Gasteiger partial charge < -0.3 is 33.5 Å². The lowest BCUT2D eigenvalue weighted by Gasteiger charge is -2.65. The van der Waals surface area contributed by atoms with Gasteiger partial charge in [-0.2, -0.15) is 0 Å². The summed E-state index contributed by atoms with van der Waals surface area (Å²) in [6, 6.07) is 9.27. The summed E-state index contributed by atoms with van der Waals surface area (Å²) in [6.45, 7) is 9.61. The highest BCUT2D eigenvalue weighted by Gasteiger charge is 2.86. The Morgan fingerprint density at radius 3 is 2.05 bits per heavy atom. The number of hydrogen-bond acceptors (Lipinski definition) is 11. The second-order valence-corrected chi connectivity index (χ2v) is 12.0. The average Bonchev–Trinajstić information content (AvgIpc) is 3.05. The number of rotatable bonds is 8. The molecule has 41 heavy (non-hydrogen) atoms. The summed E-state index contributed by atoms with van der Waals surface area (Å²) in [5.74, 6) is -3.37. The Kier molecular flexibility index (Phi) is 8.30. The van der Waals surface area contributed by atoms with Crippen LogP contribution in [0.4, 0.5) is 0 Å². The van der Waals surface area contributed by atoms with Crippen LogP contribution in [-0.4, -0.2) is 76.8 Å². The zero-order valence-corrected chi connectivity index (χ0v) is 24.6. The number of carbonyl (C=O) groups is 4. The van der Waals surface area contributed by atoms with Crippen LogP contribution in [0.25, 0.3) is 0 Å². The predicted molar refractivity (Wildman–Crippen MR) is 142 cm³/mol. The average molecular weight is 577 g/mol. The number of benzene rings is 1. The zero-order chi connectivity index (χ0) is 30.4. The third kappa shape index (κ3) is 5.12. The molecule has 1 aromatic rings. The number of ether oxygens (including phenoxy) is 6. The second kappa shape index (κ2) is 11.0. The molecule has 11 nitrogen and oxygen atoms in total.